The van der Waals surface area contributed by atoms with Gasteiger partial charge in [-0.15, -0.1) is 0 Å². The van der Waals surface area contributed by atoms with Crippen LogP contribution in [0.3, 0.4) is 0 Å². The molecule has 4 nitrogen and oxygen atoms in total. The Labute approximate surface area is 118 Å². The third-order valence-electron chi connectivity index (χ3n) is 3.64. The number of carbonyl (C=O) groups is 1. The summed E-state index contributed by atoms with van der Waals surface area (Å²) in [6, 6.07) is 9.84. The van der Waals surface area contributed by atoms with Crippen molar-refractivity contribution < 1.29 is 9.53 Å². The second-order valence-corrected chi connectivity index (χ2v) is 4.94. The van der Waals surface area contributed by atoms with Crippen molar-refractivity contribution in [1.29, 1.82) is 0 Å². The van der Waals surface area contributed by atoms with Gasteiger partial charge in [-0.1, -0.05) is 25.1 Å². The number of ether oxygens (including phenoxy) is 1. The molecule has 2 aromatic rings. The van der Waals surface area contributed by atoms with Gasteiger partial charge in [0, 0.05) is 24.6 Å². The first-order chi connectivity index (χ1) is 9.81. The molecule has 1 aromatic carbocycles. The number of amides is 1. The van der Waals surface area contributed by atoms with Crippen LogP contribution in [0.4, 0.5) is 5.69 Å². The lowest BCUT2D eigenvalue weighted by Gasteiger charge is -2.28. The number of pyridine rings is 1. The fourth-order valence-electron chi connectivity index (χ4n) is 2.67. The molecule has 1 aliphatic heterocycles. The van der Waals surface area contributed by atoms with Crippen molar-refractivity contribution in [2.24, 2.45) is 0 Å². The molecule has 0 saturated carbocycles. The van der Waals surface area contributed by atoms with Gasteiger partial charge >= 0.3 is 0 Å². The molecule has 0 N–H and O–H groups in total. The number of hydrogen-bond donors (Lipinski definition) is 0. The monoisotopic (exact) mass is 270 g/mol. The summed E-state index contributed by atoms with van der Waals surface area (Å²) in [4.78, 5) is 18.6. The Hall–Kier alpha value is -1.94. The van der Waals surface area contributed by atoms with Gasteiger partial charge in [0.15, 0.2) is 0 Å². The summed E-state index contributed by atoms with van der Waals surface area (Å²) in [6.07, 6.45) is 3.94. The third-order valence-corrected chi connectivity index (χ3v) is 3.64. The SMILES string of the molecule is CCC(=O)N(c1cccc2cccnc12)[C@H]1CCCO1. The second kappa shape index (κ2) is 5.59. The fourth-order valence-corrected chi connectivity index (χ4v) is 2.67. The second-order valence-electron chi connectivity index (χ2n) is 4.94. The third kappa shape index (κ3) is 2.27. The molecular formula is C16H18N2O2. The quantitative estimate of drug-likeness (QED) is 0.860. The molecule has 2 heterocycles. The predicted octanol–water partition coefficient (Wildman–Crippen LogP) is 3.11. The molecule has 0 spiro atoms. The summed E-state index contributed by atoms with van der Waals surface area (Å²) < 4.78 is 5.72. The van der Waals surface area contributed by atoms with Crippen LogP contribution in [0.5, 0.6) is 0 Å². The first kappa shape index (κ1) is 13.1. The molecule has 0 bridgehead atoms. The predicted molar refractivity (Wildman–Crippen MR) is 78.5 cm³/mol. The average molecular weight is 270 g/mol. The molecule has 3 rings (SSSR count). The van der Waals surface area contributed by atoms with E-state index in [0.717, 1.165) is 36.0 Å². The van der Waals surface area contributed by atoms with Gasteiger partial charge in [0.05, 0.1) is 11.2 Å². The number of nitrogens with zero attached hydrogens (tertiary/aromatic N) is 2. The largest absolute Gasteiger partial charge is 0.358 e. The summed E-state index contributed by atoms with van der Waals surface area (Å²) in [6.45, 7) is 2.60. The molecule has 1 atom stereocenters. The van der Waals surface area contributed by atoms with Crippen LogP contribution in [0.15, 0.2) is 36.5 Å². The van der Waals surface area contributed by atoms with Crippen LogP contribution in [-0.2, 0) is 9.53 Å². The Kier molecular flexibility index (Phi) is 3.65. The van der Waals surface area contributed by atoms with Crippen molar-refractivity contribution in [2.75, 3.05) is 11.5 Å². The lowest BCUT2D eigenvalue weighted by atomic mass is 10.1. The minimum absolute atomic E-state index is 0.0788. The molecule has 0 radical (unpaired) electrons. The van der Waals surface area contributed by atoms with E-state index >= 15 is 0 Å². The van der Waals surface area contributed by atoms with E-state index in [1.54, 1.807) is 11.1 Å². The molecule has 20 heavy (non-hydrogen) atoms. The van der Waals surface area contributed by atoms with Crippen LogP contribution in [0.2, 0.25) is 0 Å². The Morgan fingerprint density at radius 3 is 3.00 bits per heavy atom. The van der Waals surface area contributed by atoms with Gasteiger partial charge in [0.1, 0.15) is 6.23 Å². The Morgan fingerprint density at radius 2 is 2.25 bits per heavy atom. The van der Waals surface area contributed by atoms with E-state index in [4.69, 9.17) is 4.74 Å². The molecule has 4 heteroatoms. The van der Waals surface area contributed by atoms with E-state index < -0.39 is 0 Å². The lowest BCUT2D eigenvalue weighted by Crippen LogP contribution is -2.40. The number of benzene rings is 1. The maximum absolute atomic E-state index is 12.4. The number of carbonyl (C=O) groups excluding carboxylic acids is 1. The normalized spacial score (nSPS) is 18.4. The highest BCUT2D eigenvalue weighted by Gasteiger charge is 2.29. The van der Waals surface area contributed by atoms with Gasteiger partial charge in [-0.2, -0.15) is 0 Å². The van der Waals surface area contributed by atoms with Crippen LogP contribution < -0.4 is 4.90 Å². The molecule has 0 unspecified atom stereocenters. The zero-order valence-corrected chi connectivity index (χ0v) is 11.6. The van der Waals surface area contributed by atoms with E-state index in [1.807, 2.05) is 37.3 Å². The molecule has 1 saturated heterocycles. The molecule has 1 amide bonds. The molecule has 1 aliphatic rings. The zero-order valence-electron chi connectivity index (χ0n) is 11.6. The van der Waals surface area contributed by atoms with Crippen molar-refractivity contribution in [3.8, 4) is 0 Å². The van der Waals surface area contributed by atoms with Crippen molar-refractivity contribution in [1.82, 2.24) is 4.98 Å². The van der Waals surface area contributed by atoms with Crippen LogP contribution in [0.1, 0.15) is 26.2 Å². The van der Waals surface area contributed by atoms with Crippen LogP contribution in [0.25, 0.3) is 10.9 Å². The van der Waals surface area contributed by atoms with Gasteiger partial charge in [-0.05, 0) is 25.0 Å². The first-order valence-electron chi connectivity index (χ1n) is 7.08. The van der Waals surface area contributed by atoms with Gasteiger partial charge in [0.2, 0.25) is 5.91 Å². The van der Waals surface area contributed by atoms with Gasteiger partial charge in [-0.3, -0.25) is 14.7 Å². The van der Waals surface area contributed by atoms with Gasteiger partial charge < -0.3 is 4.74 Å². The molecule has 1 aromatic heterocycles. The van der Waals surface area contributed by atoms with Crippen molar-refractivity contribution in [3.63, 3.8) is 0 Å². The van der Waals surface area contributed by atoms with Crippen molar-refractivity contribution in [3.05, 3.63) is 36.5 Å². The summed E-state index contributed by atoms with van der Waals surface area (Å²) >= 11 is 0. The van der Waals surface area contributed by atoms with Crippen molar-refractivity contribution >= 4 is 22.5 Å². The number of aromatic nitrogens is 1. The van der Waals surface area contributed by atoms with Gasteiger partial charge in [-0.25, -0.2) is 0 Å². The minimum Gasteiger partial charge on any atom is -0.358 e. The summed E-state index contributed by atoms with van der Waals surface area (Å²) in [7, 11) is 0. The van der Waals surface area contributed by atoms with E-state index in [-0.39, 0.29) is 12.1 Å². The fraction of sp³-hybridized carbons (Fsp3) is 0.375. The van der Waals surface area contributed by atoms with Crippen LogP contribution >= 0.6 is 0 Å². The van der Waals surface area contributed by atoms with Crippen molar-refractivity contribution in [2.45, 2.75) is 32.4 Å². The van der Waals surface area contributed by atoms with E-state index in [9.17, 15) is 4.79 Å². The molecule has 104 valence electrons. The molecule has 0 aliphatic carbocycles. The summed E-state index contributed by atoms with van der Waals surface area (Å²) in [5.74, 6) is 0.0788. The zero-order chi connectivity index (χ0) is 13.9. The Morgan fingerprint density at radius 1 is 1.40 bits per heavy atom. The number of anilines is 1. The Balaban J connectivity index is 2.11. The minimum atomic E-state index is -0.157. The highest BCUT2D eigenvalue weighted by molar-refractivity contribution is 6.02. The number of hydrogen-bond acceptors (Lipinski definition) is 3. The average Bonchev–Trinajstić information content (AvgIpc) is 3.01. The van der Waals surface area contributed by atoms with Gasteiger partial charge in [0.25, 0.3) is 0 Å². The molecular weight excluding hydrogens is 252 g/mol. The number of para-hydroxylation sites is 1. The molecule has 1 fully saturated rings. The maximum atomic E-state index is 12.4. The topological polar surface area (TPSA) is 42.4 Å². The first-order valence-corrected chi connectivity index (χ1v) is 7.08. The van der Waals surface area contributed by atoms with E-state index in [0.29, 0.717) is 6.42 Å². The van der Waals surface area contributed by atoms with Crippen LogP contribution in [-0.4, -0.2) is 23.7 Å². The lowest BCUT2D eigenvalue weighted by molar-refractivity contribution is -0.120. The summed E-state index contributed by atoms with van der Waals surface area (Å²) in [5, 5.41) is 1.04. The highest BCUT2D eigenvalue weighted by Crippen LogP contribution is 2.30. The highest BCUT2D eigenvalue weighted by atomic mass is 16.5. The number of fused-ring (bicyclic) bond motifs is 1. The smallest absolute Gasteiger partial charge is 0.228 e. The Bertz CT molecular complexity index is 615. The van der Waals surface area contributed by atoms with E-state index in [2.05, 4.69) is 4.98 Å². The maximum Gasteiger partial charge on any atom is 0.228 e. The summed E-state index contributed by atoms with van der Waals surface area (Å²) in [5.41, 5.74) is 1.70. The number of rotatable bonds is 3. The van der Waals surface area contributed by atoms with E-state index in [1.165, 1.54) is 0 Å². The standard InChI is InChI=1S/C16H18N2O2/c1-2-14(19)18(15-9-5-11-20-15)13-8-3-6-12-7-4-10-17-16(12)13/h3-4,6-8,10,15H,2,5,9,11H2,1H3/t15-/m1/s1. The van der Waals surface area contributed by atoms with Crippen LogP contribution in [0, 0.1) is 0 Å².